The molecule has 15 nitrogen and oxygen atoms in total. The van der Waals surface area contributed by atoms with Crippen LogP contribution < -0.4 is 49.0 Å². The van der Waals surface area contributed by atoms with Crippen LogP contribution in [0.4, 0.5) is 0 Å². The number of hydrogen-bond acceptors (Lipinski definition) is 14. The number of fused-ring (bicyclic) bond motifs is 3. The summed E-state index contributed by atoms with van der Waals surface area (Å²) in [7, 11) is 0. The Bertz CT molecular complexity index is 1180. The molecule has 8 rings (SSSR count). The first-order valence-corrected chi connectivity index (χ1v) is 18.5. The maximum Gasteiger partial charge on any atom is 0.226 e. The Kier molecular flexibility index (Phi) is 9.22. The van der Waals surface area contributed by atoms with Crippen molar-refractivity contribution in [3.8, 4) is 0 Å². The van der Waals surface area contributed by atoms with Crippen LogP contribution in [0.1, 0.15) is 38.5 Å². The summed E-state index contributed by atoms with van der Waals surface area (Å²) in [5.41, 5.74) is 21.0. The van der Waals surface area contributed by atoms with Gasteiger partial charge in [0.15, 0.2) is 11.7 Å². The topological polar surface area (TPSA) is 197 Å². The summed E-state index contributed by atoms with van der Waals surface area (Å²) in [6, 6.07) is 0.969. The first-order chi connectivity index (χ1) is 22.5. The standard InChI is InChI=1S/C30H51N11O4S/c31-18-3-1-2-4-19(18)37-30-38-28(23(27(32)43)29-33-14-35-41(29)30)36-20-6-5-15(16-12-34-39-24(16)20)17-13-46-26-21(42)11-22(45-25(17)26)40-7-9-44-10-8-40/h11,15-20,23-26,28-30,33-39H,1-10,12-14,31H2,(H2,32,43)/p+1/t15?,16?,17?,18-,19+,20?,23?,24?,25?,26?,28?,29?,30?/m1/s1. The Balaban J connectivity index is 0.969. The molecule has 46 heavy (non-hydrogen) atoms. The lowest BCUT2D eigenvalue weighted by molar-refractivity contribution is -0.431. The first-order valence-electron chi connectivity index (χ1n) is 17.5. The minimum atomic E-state index is -0.473. The number of amides is 1. The summed E-state index contributed by atoms with van der Waals surface area (Å²) < 4.78 is 12.2. The SMILES string of the molecule is NC(=O)C1C(NC2CCC(C3CSC4C(=O)C=C(N5CCOCC5)OC43)C3CNNC23)NC(N[C@H]2CCCC[C@H]2[NH3+])N2NCNC12. The molecule has 0 spiro atoms. The Hall–Kier alpha value is -1.57. The van der Waals surface area contributed by atoms with Crippen molar-refractivity contribution in [2.45, 2.75) is 92.7 Å². The third-order valence-corrected chi connectivity index (χ3v) is 13.4. The van der Waals surface area contributed by atoms with Crippen molar-refractivity contribution in [2.24, 2.45) is 29.4 Å². The Labute approximate surface area is 274 Å². The Morgan fingerprint density at radius 3 is 2.74 bits per heavy atom. The zero-order valence-electron chi connectivity index (χ0n) is 26.5. The van der Waals surface area contributed by atoms with Crippen LogP contribution in [0.25, 0.3) is 0 Å². The lowest BCUT2D eigenvalue weighted by Gasteiger charge is -2.50. The van der Waals surface area contributed by atoms with E-state index in [0.717, 1.165) is 57.0 Å². The zero-order chi connectivity index (χ0) is 31.4. The van der Waals surface area contributed by atoms with Crippen molar-refractivity contribution in [3.05, 3.63) is 12.0 Å². The van der Waals surface area contributed by atoms with Crippen molar-refractivity contribution in [1.82, 2.24) is 47.5 Å². The van der Waals surface area contributed by atoms with Crippen LogP contribution in [0.5, 0.6) is 0 Å². The molecule has 256 valence electrons. The van der Waals surface area contributed by atoms with Crippen molar-refractivity contribution >= 4 is 23.5 Å². The van der Waals surface area contributed by atoms with E-state index in [9.17, 15) is 9.59 Å². The van der Waals surface area contributed by atoms with Crippen LogP contribution in [0.15, 0.2) is 12.0 Å². The number of carbonyl (C=O) groups is 2. The fraction of sp³-hybridized carbons (Fsp3) is 0.867. The van der Waals surface area contributed by atoms with E-state index in [1.807, 2.05) is 0 Å². The van der Waals surface area contributed by atoms with Gasteiger partial charge in [-0.1, -0.05) is 6.42 Å². The van der Waals surface area contributed by atoms with E-state index < -0.39 is 5.92 Å². The molecule has 1 amide bonds. The Morgan fingerprint density at radius 2 is 1.91 bits per heavy atom. The van der Waals surface area contributed by atoms with Gasteiger partial charge in [0.25, 0.3) is 0 Å². The number of quaternary nitrogens is 1. The summed E-state index contributed by atoms with van der Waals surface area (Å²) in [4.78, 5) is 28.4. The molecule has 12 N–H and O–H groups in total. The largest absolute Gasteiger partial charge is 0.474 e. The lowest BCUT2D eigenvalue weighted by Crippen LogP contribution is -2.79. The zero-order valence-corrected chi connectivity index (χ0v) is 27.3. The van der Waals surface area contributed by atoms with Crippen molar-refractivity contribution < 1.29 is 24.8 Å². The number of nitrogens with one attached hydrogen (secondary N) is 7. The molecule has 8 aliphatic rings. The number of ether oxygens (including phenoxy) is 2. The molecule has 0 aromatic rings. The monoisotopic (exact) mass is 662 g/mol. The predicted octanol–water partition coefficient (Wildman–Crippen LogP) is -3.53. The van der Waals surface area contributed by atoms with Gasteiger partial charge in [-0.3, -0.25) is 41.7 Å². The van der Waals surface area contributed by atoms with Gasteiger partial charge in [0.2, 0.25) is 5.91 Å². The van der Waals surface area contributed by atoms with Gasteiger partial charge in [-0.25, -0.2) is 5.43 Å². The van der Waals surface area contributed by atoms with Gasteiger partial charge in [-0.2, -0.15) is 5.01 Å². The third-order valence-electron chi connectivity index (χ3n) is 11.9. The van der Waals surface area contributed by atoms with Crippen molar-refractivity contribution in [2.75, 3.05) is 45.3 Å². The number of ketones is 1. The van der Waals surface area contributed by atoms with Crippen LogP contribution in [-0.4, -0.2) is 121 Å². The molecule has 13 atom stereocenters. The number of nitrogens with two attached hydrogens (primary N) is 1. The van der Waals surface area contributed by atoms with Crippen LogP contribution in [-0.2, 0) is 19.1 Å². The van der Waals surface area contributed by atoms with E-state index in [1.54, 1.807) is 17.8 Å². The number of hydrazine groups is 2. The minimum absolute atomic E-state index is 0.106. The number of primary amides is 1. The number of rotatable bonds is 7. The molecule has 16 heteroatoms. The van der Waals surface area contributed by atoms with E-state index in [2.05, 4.69) is 53.2 Å². The van der Waals surface area contributed by atoms with E-state index >= 15 is 0 Å². The number of morpholine rings is 1. The second kappa shape index (κ2) is 13.4. The predicted molar refractivity (Wildman–Crippen MR) is 170 cm³/mol. The highest BCUT2D eigenvalue weighted by Crippen LogP contribution is 2.48. The molecule has 2 aliphatic carbocycles. The van der Waals surface area contributed by atoms with Crippen LogP contribution in [0.3, 0.4) is 0 Å². The average molecular weight is 663 g/mol. The molecule has 5 saturated heterocycles. The molecule has 0 bridgehead atoms. The highest BCUT2D eigenvalue weighted by Gasteiger charge is 2.55. The molecule has 0 aromatic carbocycles. The number of nitrogens with zero attached hydrogens (tertiary/aromatic N) is 2. The van der Waals surface area contributed by atoms with Crippen LogP contribution in [0, 0.1) is 23.7 Å². The second-order valence-electron chi connectivity index (χ2n) is 14.4. The van der Waals surface area contributed by atoms with Gasteiger partial charge in [-0.15, -0.1) is 11.8 Å². The van der Waals surface area contributed by atoms with Crippen LogP contribution in [0.2, 0.25) is 0 Å². The minimum Gasteiger partial charge on any atom is -0.474 e. The normalized spacial score (nSPS) is 46.3. The van der Waals surface area contributed by atoms with Gasteiger partial charge in [0.05, 0.1) is 50.2 Å². The first kappa shape index (κ1) is 31.7. The quantitative estimate of drug-likeness (QED) is 0.130. The van der Waals surface area contributed by atoms with Crippen molar-refractivity contribution in [1.29, 1.82) is 0 Å². The molecule has 2 saturated carbocycles. The molecular weight excluding hydrogens is 610 g/mol. The molecule has 7 fully saturated rings. The van der Waals surface area contributed by atoms with E-state index in [0.29, 0.717) is 49.7 Å². The van der Waals surface area contributed by atoms with Gasteiger partial charge in [0, 0.05) is 55.9 Å². The smallest absolute Gasteiger partial charge is 0.226 e. The van der Waals surface area contributed by atoms with E-state index in [-0.39, 0.29) is 53.7 Å². The third kappa shape index (κ3) is 5.87. The summed E-state index contributed by atoms with van der Waals surface area (Å²) in [5.74, 6) is 2.13. The molecule has 6 heterocycles. The van der Waals surface area contributed by atoms with Gasteiger partial charge in [-0.05, 0) is 37.5 Å². The number of thioether (sulfide) groups is 1. The summed E-state index contributed by atoms with van der Waals surface area (Å²) in [5, 5.41) is 16.9. The van der Waals surface area contributed by atoms with E-state index in [4.69, 9.17) is 15.2 Å². The number of carbonyl (C=O) groups excluding carboxylic acids is 2. The number of allylic oxidation sites excluding steroid dienone is 1. The molecule has 0 aromatic heterocycles. The fourth-order valence-corrected chi connectivity index (χ4v) is 11.1. The molecule has 0 radical (unpaired) electrons. The highest BCUT2D eigenvalue weighted by molar-refractivity contribution is 8.01. The van der Waals surface area contributed by atoms with Gasteiger partial charge >= 0.3 is 0 Å². The molecular formula is C30H52N11O4S+. The lowest BCUT2D eigenvalue weighted by atomic mass is 9.67. The van der Waals surface area contributed by atoms with E-state index in [1.165, 1.54) is 12.8 Å². The summed E-state index contributed by atoms with van der Waals surface area (Å²) in [6.45, 7) is 4.26. The maximum atomic E-state index is 13.3. The molecule has 6 aliphatic heterocycles. The highest BCUT2D eigenvalue weighted by atomic mass is 32.2. The average Bonchev–Trinajstić information content (AvgIpc) is 3.83. The van der Waals surface area contributed by atoms with Gasteiger partial charge in [0.1, 0.15) is 17.6 Å². The number of hydrogen-bond donors (Lipinski definition) is 9. The van der Waals surface area contributed by atoms with Crippen molar-refractivity contribution in [3.63, 3.8) is 0 Å². The summed E-state index contributed by atoms with van der Waals surface area (Å²) >= 11 is 1.77. The van der Waals surface area contributed by atoms with Gasteiger partial charge < -0.3 is 25.8 Å². The second-order valence-corrected chi connectivity index (χ2v) is 15.6. The Morgan fingerprint density at radius 1 is 1.07 bits per heavy atom. The molecule has 11 unspecified atom stereocenters. The summed E-state index contributed by atoms with van der Waals surface area (Å²) in [6.07, 6.45) is 7.53. The maximum absolute atomic E-state index is 13.3. The fourth-order valence-electron chi connectivity index (χ4n) is 9.53. The van der Waals surface area contributed by atoms with Crippen LogP contribution >= 0.6 is 11.8 Å².